The van der Waals surface area contributed by atoms with Crippen molar-refractivity contribution in [3.63, 3.8) is 0 Å². The summed E-state index contributed by atoms with van der Waals surface area (Å²) in [6.07, 6.45) is 7.57. The van der Waals surface area contributed by atoms with Crippen LogP contribution >= 0.6 is 0 Å². The summed E-state index contributed by atoms with van der Waals surface area (Å²) in [6, 6.07) is 47.7. The summed E-state index contributed by atoms with van der Waals surface area (Å²) in [6.45, 7) is 0. The molecular formula is C43H29NO2. The van der Waals surface area contributed by atoms with Crippen LogP contribution in [0, 0.1) is 0 Å². The van der Waals surface area contributed by atoms with Gasteiger partial charge in [-0.05, 0) is 76.2 Å². The van der Waals surface area contributed by atoms with Gasteiger partial charge in [0.1, 0.15) is 22.7 Å². The van der Waals surface area contributed by atoms with Crippen LogP contribution in [0.3, 0.4) is 0 Å². The van der Waals surface area contributed by atoms with Gasteiger partial charge in [0.25, 0.3) is 0 Å². The summed E-state index contributed by atoms with van der Waals surface area (Å²) in [7, 11) is 0. The Hall–Kier alpha value is -5.80. The second-order valence-corrected chi connectivity index (χ2v) is 12.4. The Morgan fingerprint density at radius 3 is 2.15 bits per heavy atom. The van der Waals surface area contributed by atoms with Crippen LogP contribution in [0.4, 0.5) is 5.69 Å². The Kier molecular flexibility index (Phi) is 5.32. The number of hydrogen-bond acceptors (Lipinski definition) is 3. The van der Waals surface area contributed by atoms with E-state index in [9.17, 15) is 0 Å². The van der Waals surface area contributed by atoms with Gasteiger partial charge in [0.2, 0.25) is 0 Å². The summed E-state index contributed by atoms with van der Waals surface area (Å²) in [5.41, 5.74) is 12.4. The maximum atomic E-state index is 6.68. The monoisotopic (exact) mass is 591 g/mol. The minimum Gasteiger partial charge on any atom is -0.457 e. The highest BCUT2D eigenvalue weighted by Crippen LogP contribution is 2.62. The van der Waals surface area contributed by atoms with E-state index >= 15 is 0 Å². The van der Waals surface area contributed by atoms with E-state index in [0.717, 1.165) is 45.5 Å². The molecule has 2 aliphatic carbocycles. The molecule has 2 heterocycles. The Balaban J connectivity index is 1.15. The number of para-hydroxylation sites is 2. The zero-order chi connectivity index (χ0) is 30.2. The van der Waals surface area contributed by atoms with Gasteiger partial charge in [0.05, 0.1) is 16.8 Å². The first kappa shape index (κ1) is 25.5. The van der Waals surface area contributed by atoms with E-state index < -0.39 is 5.41 Å². The molecule has 3 heteroatoms. The minimum absolute atomic E-state index is 0.0817. The molecule has 0 bridgehead atoms. The molecule has 7 aromatic rings. The summed E-state index contributed by atoms with van der Waals surface area (Å²) in [4.78, 5) is 0. The predicted octanol–water partition coefficient (Wildman–Crippen LogP) is 10.9. The highest BCUT2D eigenvalue weighted by atomic mass is 16.5. The zero-order valence-electron chi connectivity index (χ0n) is 25.0. The average molecular weight is 592 g/mol. The predicted molar refractivity (Wildman–Crippen MR) is 187 cm³/mol. The lowest BCUT2D eigenvalue weighted by Crippen LogP contribution is -2.32. The molecular weight excluding hydrogens is 562 g/mol. The van der Waals surface area contributed by atoms with Crippen molar-refractivity contribution < 1.29 is 9.15 Å². The number of furan rings is 1. The molecule has 1 N–H and O–H groups in total. The third kappa shape index (κ3) is 3.43. The quantitative estimate of drug-likeness (QED) is 0.222. The molecule has 1 atom stereocenters. The van der Waals surface area contributed by atoms with Crippen molar-refractivity contribution in [3.8, 4) is 22.6 Å². The van der Waals surface area contributed by atoms with E-state index in [4.69, 9.17) is 9.15 Å². The van der Waals surface area contributed by atoms with Gasteiger partial charge in [-0.15, -0.1) is 0 Å². The average Bonchev–Trinajstić information content (AvgIpc) is 3.64. The standard InChI is InChI=1S/C43H29NO2/c1-5-16-32-29(13-1)30-14-2-6-17-33(30)43(32)34-18-7-10-22-39(34)46-40-25-24-27(26-35(40)43)28-12-3-8-19-36(28)44-37-20-11-23-41-42(37)31-15-4-9-21-38(31)45-41/h1-18,20-26,36,44H,19H2. The molecule has 0 saturated carbocycles. The molecule has 3 aliphatic rings. The van der Waals surface area contributed by atoms with Crippen molar-refractivity contribution >= 4 is 33.2 Å². The number of allylic oxidation sites excluding steroid dienone is 2. The molecule has 1 unspecified atom stereocenters. The Morgan fingerprint density at radius 2 is 1.30 bits per heavy atom. The van der Waals surface area contributed by atoms with Crippen LogP contribution in [0.2, 0.25) is 0 Å². The number of fused-ring (bicyclic) bond motifs is 12. The highest BCUT2D eigenvalue weighted by Gasteiger charge is 2.51. The summed E-state index contributed by atoms with van der Waals surface area (Å²) in [5.74, 6) is 1.81. The Labute approximate surface area is 267 Å². The van der Waals surface area contributed by atoms with E-state index in [1.165, 1.54) is 44.5 Å². The van der Waals surface area contributed by atoms with Gasteiger partial charge in [0.15, 0.2) is 0 Å². The van der Waals surface area contributed by atoms with Gasteiger partial charge >= 0.3 is 0 Å². The highest BCUT2D eigenvalue weighted by molar-refractivity contribution is 6.11. The molecule has 0 radical (unpaired) electrons. The van der Waals surface area contributed by atoms with Crippen LogP contribution in [0.1, 0.15) is 34.2 Å². The molecule has 0 amide bonds. The van der Waals surface area contributed by atoms with Crippen LogP contribution in [0.15, 0.2) is 156 Å². The maximum absolute atomic E-state index is 6.68. The Bertz CT molecular complexity index is 2380. The second kappa shape index (κ2) is 9.60. The molecule has 218 valence electrons. The van der Waals surface area contributed by atoms with E-state index in [-0.39, 0.29) is 6.04 Å². The molecule has 46 heavy (non-hydrogen) atoms. The third-order valence-corrected chi connectivity index (χ3v) is 10.1. The fourth-order valence-corrected chi connectivity index (χ4v) is 8.18. The molecule has 1 aliphatic heterocycles. The molecule has 6 aromatic carbocycles. The smallest absolute Gasteiger partial charge is 0.137 e. The SMILES string of the molecule is C1=CCC(Nc2cccc3oc4ccccc4c23)C(c2ccc3c(c2)C2(c4ccccc4O3)c3ccccc3-c3ccccc32)=C1. The lowest BCUT2D eigenvalue weighted by atomic mass is 9.65. The zero-order valence-corrected chi connectivity index (χ0v) is 25.0. The van der Waals surface area contributed by atoms with Gasteiger partial charge in [0, 0.05) is 22.2 Å². The van der Waals surface area contributed by atoms with Crippen LogP contribution in [0.25, 0.3) is 38.6 Å². The third-order valence-electron chi connectivity index (χ3n) is 10.1. The van der Waals surface area contributed by atoms with Gasteiger partial charge in [-0.3, -0.25) is 0 Å². The van der Waals surface area contributed by atoms with E-state index in [1.54, 1.807) is 0 Å². The van der Waals surface area contributed by atoms with Crippen LogP contribution in [-0.2, 0) is 5.41 Å². The fourth-order valence-electron chi connectivity index (χ4n) is 8.18. The normalized spacial score (nSPS) is 16.8. The fraction of sp³-hybridized carbons (Fsp3) is 0.0698. The first-order valence-corrected chi connectivity index (χ1v) is 16.0. The van der Waals surface area contributed by atoms with Crippen molar-refractivity contribution in [2.24, 2.45) is 0 Å². The van der Waals surface area contributed by atoms with Gasteiger partial charge in [-0.25, -0.2) is 0 Å². The molecule has 1 spiro atoms. The number of benzene rings is 6. The van der Waals surface area contributed by atoms with E-state index in [0.29, 0.717) is 0 Å². The summed E-state index contributed by atoms with van der Waals surface area (Å²) in [5, 5.41) is 6.18. The van der Waals surface area contributed by atoms with Crippen LogP contribution in [-0.4, -0.2) is 6.04 Å². The van der Waals surface area contributed by atoms with Crippen LogP contribution < -0.4 is 10.1 Å². The minimum atomic E-state index is -0.483. The molecule has 0 fully saturated rings. The molecule has 0 saturated heterocycles. The van der Waals surface area contributed by atoms with Gasteiger partial charge < -0.3 is 14.5 Å². The first-order chi connectivity index (χ1) is 22.8. The lowest BCUT2D eigenvalue weighted by Gasteiger charge is -2.40. The molecule has 10 rings (SSSR count). The topological polar surface area (TPSA) is 34.4 Å². The van der Waals surface area contributed by atoms with Crippen molar-refractivity contribution in [2.45, 2.75) is 17.9 Å². The number of anilines is 1. The molecule has 3 nitrogen and oxygen atoms in total. The first-order valence-electron chi connectivity index (χ1n) is 16.0. The van der Waals surface area contributed by atoms with E-state index in [2.05, 4.69) is 145 Å². The van der Waals surface area contributed by atoms with Crippen molar-refractivity contribution in [3.05, 3.63) is 180 Å². The van der Waals surface area contributed by atoms with Crippen molar-refractivity contribution in [1.29, 1.82) is 0 Å². The number of rotatable bonds is 3. The van der Waals surface area contributed by atoms with Crippen molar-refractivity contribution in [2.75, 3.05) is 5.32 Å². The number of ether oxygens (including phenoxy) is 1. The summed E-state index contributed by atoms with van der Waals surface area (Å²) >= 11 is 0. The summed E-state index contributed by atoms with van der Waals surface area (Å²) < 4.78 is 12.9. The van der Waals surface area contributed by atoms with Crippen LogP contribution in [0.5, 0.6) is 11.5 Å². The molecule has 1 aromatic heterocycles. The second-order valence-electron chi connectivity index (χ2n) is 12.4. The van der Waals surface area contributed by atoms with Crippen molar-refractivity contribution in [1.82, 2.24) is 0 Å². The van der Waals surface area contributed by atoms with Gasteiger partial charge in [-0.1, -0.05) is 115 Å². The maximum Gasteiger partial charge on any atom is 0.137 e. The number of hydrogen-bond donors (Lipinski definition) is 1. The Morgan fingerprint density at radius 1 is 0.609 bits per heavy atom. The lowest BCUT2D eigenvalue weighted by molar-refractivity contribution is 0.436. The number of nitrogens with one attached hydrogen (secondary N) is 1. The van der Waals surface area contributed by atoms with Gasteiger partial charge in [-0.2, -0.15) is 0 Å². The van der Waals surface area contributed by atoms with E-state index in [1.807, 2.05) is 12.1 Å². The largest absolute Gasteiger partial charge is 0.457 e.